The van der Waals surface area contributed by atoms with Gasteiger partial charge in [0.15, 0.2) is 11.5 Å². The number of hydrogen-bond donors (Lipinski definition) is 2. The Bertz CT molecular complexity index is 930. The van der Waals surface area contributed by atoms with E-state index in [1.165, 1.54) is 17.5 Å². The van der Waals surface area contributed by atoms with E-state index in [4.69, 9.17) is 10.7 Å². The molecule has 2 aromatic rings. The topological polar surface area (TPSA) is 87.4 Å². The molecular weight excluding hydrogens is 376 g/mol. The molecule has 0 atom stereocenters. The van der Waals surface area contributed by atoms with Crippen LogP contribution in [-0.4, -0.2) is 45.9 Å². The first-order chi connectivity index (χ1) is 14.3. The molecule has 0 saturated carbocycles. The molecule has 4 rings (SSSR count). The third kappa shape index (κ3) is 4.41. The molecule has 7 nitrogen and oxygen atoms in total. The number of nitrogens with zero attached hydrogens (tertiary/aromatic N) is 4. The minimum Gasteiger partial charge on any atom is -0.364 e. The second kappa shape index (κ2) is 8.22. The van der Waals surface area contributed by atoms with E-state index in [0.29, 0.717) is 5.82 Å². The van der Waals surface area contributed by atoms with Crippen LogP contribution in [0.3, 0.4) is 0 Å². The highest BCUT2D eigenvalue weighted by Gasteiger charge is 2.26. The van der Waals surface area contributed by atoms with Gasteiger partial charge in [0.2, 0.25) is 0 Å². The van der Waals surface area contributed by atoms with Gasteiger partial charge in [-0.25, -0.2) is 9.97 Å². The molecule has 3 heterocycles. The lowest BCUT2D eigenvalue weighted by atomic mass is 9.95. The minimum atomic E-state index is -0.575. The number of rotatable bonds is 4. The molecule has 1 aromatic carbocycles. The summed E-state index contributed by atoms with van der Waals surface area (Å²) in [6, 6.07) is 6.38. The first-order valence-corrected chi connectivity index (χ1v) is 10.9. The van der Waals surface area contributed by atoms with E-state index >= 15 is 0 Å². The summed E-state index contributed by atoms with van der Waals surface area (Å²) in [5, 5.41) is 3.31. The zero-order chi connectivity index (χ0) is 21.3. The largest absolute Gasteiger partial charge is 0.364 e. The number of nitrogens with one attached hydrogen (secondary N) is 1. The number of amides is 1. The van der Waals surface area contributed by atoms with E-state index in [-0.39, 0.29) is 11.2 Å². The minimum absolute atomic E-state index is 0.162. The van der Waals surface area contributed by atoms with E-state index in [1.54, 1.807) is 6.20 Å². The third-order valence-corrected chi connectivity index (χ3v) is 6.10. The van der Waals surface area contributed by atoms with Crippen LogP contribution in [0.5, 0.6) is 0 Å². The molecule has 7 heteroatoms. The summed E-state index contributed by atoms with van der Waals surface area (Å²) in [7, 11) is 0. The van der Waals surface area contributed by atoms with Crippen LogP contribution >= 0.6 is 0 Å². The summed E-state index contributed by atoms with van der Waals surface area (Å²) in [6.45, 7) is 10.7. The summed E-state index contributed by atoms with van der Waals surface area (Å²) < 4.78 is 0. The fourth-order valence-corrected chi connectivity index (χ4v) is 4.26. The van der Waals surface area contributed by atoms with Gasteiger partial charge in [-0.05, 0) is 69.7 Å². The highest BCUT2D eigenvalue weighted by molar-refractivity contribution is 5.96. The smallest absolute Gasteiger partial charge is 0.271 e. The Morgan fingerprint density at radius 3 is 2.57 bits per heavy atom. The fourth-order valence-electron chi connectivity index (χ4n) is 4.26. The quantitative estimate of drug-likeness (QED) is 0.806. The molecule has 0 spiro atoms. The Morgan fingerprint density at radius 1 is 1.10 bits per heavy atom. The summed E-state index contributed by atoms with van der Waals surface area (Å²) in [5.41, 5.74) is 9.49. The molecule has 0 bridgehead atoms. The second-order valence-electron chi connectivity index (χ2n) is 9.29. The number of carbonyl (C=O) groups is 1. The summed E-state index contributed by atoms with van der Waals surface area (Å²) >= 11 is 0. The number of fused-ring (bicyclic) bond motifs is 1. The molecule has 3 N–H and O–H groups in total. The van der Waals surface area contributed by atoms with Crippen molar-refractivity contribution in [2.45, 2.75) is 58.5 Å². The Kier molecular flexibility index (Phi) is 5.64. The molecule has 30 heavy (non-hydrogen) atoms. The van der Waals surface area contributed by atoms with Crippen molar-refractivity contribution in [3.05, 3.63) is 41.2 Å². The van der Waals surface area contributed by atoms with E-state index in [9.17, 15) is 4.79 Å². The van der Waals surface area contributed by atoms with Crippen molar-refractivity contribution in [3.63, 3.8) is 0 Å². The Morgan fingerprint density at radius 2 is 1.87 bits per heavy atom. The Labute approximate surface area is 178 Å². The first-order valence-electron chi connectivity index (χ1n) is 10.9. The van der Waals surface area contributed by atoms with Gasteiger partial charge < -0.3 is 16.0 Å². The Balaban J connectivity index is 1.58. The van der Waals surface area contributed by atoms with Gasteiger partial charge >= 0.3 is 0 Å². The van der Waals surface area contributed by atoms with Gasteiger partial charge in [0.05, 0.1) is 6.20 Å². The molecule has 0 unspecified atom stereocenters. The zero-order valence-electron chi connectivity index (χ0n) is 18.2. The molecule has 0 radical (unpaired) electrons. The predicted molar refractivity (Wildman–Crippen MR) is 120 cm³/mol. The van der Waals surface area contributed by atoms with E-state index in [0.717, 1.165) is 56.9 Å². The number of nitrogens with two attached hydrogens (primary N) is 1. The van der Waals surface area contributed by atoms with Crippen molar-refractivity contribution < 1.29 is 4.79 Å². The lowest BCUT2D eigenvalue weighted by molar-refractivity contribution is 0.0996. The van der Waals surface area contributed by atoms with Crippen molar-refractivity contribution >= 4 is 23.2 Å². The van der Waals surface area contributed by atoms with Crippen molar-refractivity contribution in [2.24, 2.45) is 5.73 Å². The van der Waals surface area contributed by atoms with Crippen LogP contribution in [0.2, 0.25) is 0 Å². The van der Waals surface area contributed by atoms with Gasteiger partial charge in [-0.15, -0.1) is 0 Å². The maximum atomic E-state index is 11.9. The maximum Gasteiger partial charge on any atom is 0.271 e. The SMILES string of the molecule is CC(C)(C)N1CCc2cc(Nc3nc(N4CCCCC4)cnc3C(N)=O)ccc2C1. The number of aromatic nitrogens is 2. The average Bonchev–Trinajstić information content (AvgIpc) is 2.73. The van der Waals surface area contributed by atoms with Crippen LogP contribution in [0.15, 0.2) is 24.4 Å². The molecular formula is C23H32N6O. The highest BCUT2D eigenvalue weighted by Crippen LogP contribution is 2.29. The average molecular weight is 409 g/mol. The van der Waals surface area contributed by atoms with Gasteiger partial charge in [-0.2, -0.15) is 0 Å². The van der Waals surface area contributed by atoms with Crippen molar-refractivity contribution in [1.82, 2.24) is 14.9 Å². The normalized spacial score (nSPS) is 17.5. The molecule has 2 aliphatic heterocycles. The number of primary amides is 1. The van der Waals surface area contributed by atoms with Crippen molar-refractivity contribution in [1.29, 1.82) is 0 Å². The number of hydrogen-bond acceptors (Lipinski definition) is 6. The third-order valence-electron chi connectivity index (χ3n) is 6.10. The van der Waals surface area contributed by atoms with Crippen LogP contribution in [0.25, 0.3) is 0 Å². The zero-order valence-corrected chi connectivity index (χ0v) is 18.2. The first kappa shape index (κ1) is 20.6. The van der Waals surface area contributed by atoms with Gasteiger partial charge in [-0.1, -0.05) is 6.07 Å². The summed E-state index contributed by atoms with van der Waals surface area (Å²) in [4.78, 5) is 25.7. The van der Waals surface area contributed by atoms with Gasteiger partial charge in [0.25, 0.3) is 5.91 Å². The van der Waals surface area contributed by atoms with Crippen LogP contribution in [0, 0.1) is 0 Å². The summed E-state index contributed by atoms with van der Waals surface area (Å²) in [6.07, 6.45) is 6.21. The fraction of sp³-hybridized carbons (Fsp3) is 0.522. The van der Waals surface area contributed by atoms with Crippen LogP contribution in [0.1, 0.15) is 61.6 Å². The van der Waals surface area contributed by atoms with Gasteiger partial charge in [-0.3, -0.25) is 9.69 Å². The van der Waals surface area contributed by atoms with E-state index < -0.39 is 5.91 Å². The predicted octanol–water partition coefficient (Wildman–Crippen LogP) is 3.47. The molecule has 1 saturated heterocycles. The monoisotopic (exact) mass is 408 g/mol. The lowest BCUT2D eigenvalue weighted by Crippen LogP contribution is -2.44. The van der Waals surface area contributed by atoms with E-state index in [1.807, 2.05) is 6.07 Å². The van der Waals surface area contributed by atoms with Crippen molar-refractivity contribution in [2.75, 3.05) is 29.9 Å². The summed E-state index contributed by atoms with van der Waals surface area (Å²) in [5.74, 6) is 0.646. The standard InChI is InChI=1S/C23H32N6O/c1-23(2,3)29-12-9-16-13-18(8-7-17(16)15-29)26-22-20(21(24)30)25-14-19(27-22)28-10-5-4-6-11-28/h7-8,13-14H,4-6,9-12,15H2,1-3H3,(H2,24,30)(H,26,27). The number of piperidine rings is 1. The Hall–Kier alpha value is -2.67. The highest BCUT2D eigenvalue weighted by atomic mass is 16.1. The number of carbonyl (C=O) groups excluding carboxylic acids is 1. The van der Waals surface area contributed by atoms with Gasteiger partial charge in [0, 0.05) is 37.4 Å². The number of anilines is 3. The molecule has 1 fully saturated rings. The maximum absolute atomic E-state index is 11.9. The lowest BCUT2D eigenvalue weighted by Gasteiger charge is -2.39. The van der Waals surface area contributed by atoms with E-state index in [2.05, 4.69) is 53.0 Å². The molecule has 160 valence electrons. The molecule has 0 aliphatic carbocycles. The van der Waals surface area contributed by atoms with Crippen molar-refractivity contribution in [3.8, 4) is 0 Å². The van der Waals surface area contributed by atoms with Crippen LogP contribution in [0.4, 0.5) is 17.3 Å². The van der Waals surface area contributed by atoms with Crippen LogP contribution < -0.4 is 16.0 Å². The number of benzene rings is 1. The molecule has 1 aromatic heterocycles. The van der Waals surface area contributed by atoms with Gasteiger partial charge in [0.1, 0.15) is 5.82 Å². The molecule has 1 amide bonds. The van der Waals surface area contributed by atoms with Crippen LogP contribution in [-0.2, 0) is 13.0 Å². The molecule has 2 aliphatic rings. The second-order valence-corrected chi connectivity index (χ2v) is 9.29.